The highest BCUT2D eigenvalue weighted by Crippen LogP contribution is 2.35. The Balaban J connectivity index is 2.13. The van der Waals surface area contributed by atoms with Gasteiger partial charge in [0, 0.05) is 6.08 Å². The van der Waals surface area contributed by atoms with Crippen molar-refractivity contribution in [2.75, 3.05) is 11.9 Å². The van der Waals surface area contributed by atoms with Gasteiger partial charge in [0.15, 0.2) is 0 Å². The molecule has 2 aromatic rings. The minimum absolute atomic E-state index is 0.213. The van der Waals surface area contributed by atoms with E-state index in [2.05, 4.69) is 5.32 Å². The number of carbonyl (C=O) groups is 1. The number of hydrogen-bond donors (Lipinski definition) is 1. The summed E-state index contributed by atoms with van der Waals surface area (Å²) in [5.74, 6) is 0.0215. The van der Waals surface area contributed by atoms with E-state index in [4.69, 9.17) is 16.3 Å². The summed E-state index contributed by atoms with van der Waals surface area (Å²) in [6, 6.07) is 10.3. The van der Waals surface area contributed by atoms with E-state index in [1.54, 1.807) is 24.3 Å². The molecule has 25 heavy (non-hydrogen) atoms. The van der Waals surface area contributed by atoms with Crippen molar-refractivity contribution in [3.8, 4) is 5.75 Å². The highest BCUT2D eigenvalue weighted by Gasteiger charge is 2.33. The fourth-order valence-electron chi connectivity index (χ4n) is 2.06. The van der Waals surface area contributed by atoms with Crippen LogP contribution in [-0.2, 0) is 11.0 Å². The number of halogens is 4. The SMILES string of the molecule is CCOc1ccccc1NC(=O)/C=C/c1ccc(Cl)c(C(F)(F)F)c1. The molecular weight excluding hydrogens is 355 g/mol. The first-order valence-corrected chi connectivity index (χ1v) is 7.76. The van der Waals surface area contributed by atoms with Gasteiger partial charge in [-0.15, -0.1) is 0 Å². The Kier molecular flexibility index (Phi) is 6.09. The lowest BCUT2D eigenvalue weighted by Crippen LogP contribution is -2.09. The van der Waals surface area contributed by atoms with Crippen LogP contribution in [0, 0.1) is 0 Å². The van der Waals surface area contributed by atoms with Gasteiger partial charge in [-0.25, -0.2) is 0 Å². The van der Waals surface area contributed by atoms with E-state index in [0.29, 0.717) is 18.0 Å². The van der Waals surface area contributed by atoms with Gasteiger partial charge in [-0.2, -0.15) is 13.2 Å². The zero-order valence-electron chi connectivity index (χ0n) is 13.2. The highest BCUT2D eigenvalue weighted by atomic mass is 35.5. The maximum Gasteiger partial charge on any atom is 0.417 e. The second-order valence-corrected chi connectivity index (χ2v) is 5.40. The van der Waals surface area contributed by atoms with Crippen LogP contribution in [0.1, 0.15) is 18.1 Å². The molecule has 132 valence electrons. The summed E-state index contributed by atoms with van der Waals surface area (Å²) in [5.41, 5.74) is -0.255. The van der Waals surface area contributed by atoms with Gasteiger partial charge in [0.25, 0.3) is 0 Å². The van der Waals surface area contributed by atoms with Crippen molar-refractivity contribution in [3.05, 3.63) is 64.7 Å². The minimum Gasteiger partial charge on any atom is -0.492 e. The van der Waals surface area contributed by atoms with Gasteiger partial charge in [0.2, 0.25) is 5.91 Å². The Morgan fingerprint density at radius 3 is 2.64 bits per heavy atom. The second kappa shape index (κ2) is 8.07. The number of rotatable bonds is 5. The molecule has 0 aliphatic carbocycles. The Labute approximate surface area is 148 Å². The van der Waals surface area contributed by atoms with Crippen molar-refractivity contribution < 1.29 is 22.7 Å². The molecule has 1 N–H and O–H groups in total. The van der Waals surface area contributed by atoms with Crippen LogP contribution in [-0.4, -0.2) is 12.5 Å². The first-order chi connectivity index (χ1) is 11.8. The van der Waals surface area contributed by atoms with Crippen LogP contribution in [0.2, 0.25) is 5.02 Å². The zero-order chi connectivity index (χ0) is 18.4. The number of carbonyl (C=O) groups excluding carboxylic acids is 1. The Morgan fingerprint density at radius 1 is 1.24 bits per heavy atom. The third kappa shape index (κ3) is 5.26. The smallest absolute Gasteiger partial charge is 0.417 e. The maximum atomic E-state index is 12.8. The lowest BCUT2D eigenvalue weighted by Gasteiger charge is -2.10. The van der Waals surface area contributed by atoms with Gasteiger partial charge < -0.3 is 10.1 Å². The molecule has 7 heteroatoms. The van der Waals surface area contributed by atoms with E-state index >= 15 is 0 Å². The molecule has 0 heterocycles. The van der Waals surface area contributed by atoms with Crippen LogP contribution in [0.5, 0.6) is 5.75 Å². The number of benzene rings is 2. The van der Waals surface area contributed by atoms with Crippen molar-refractivity contribution in [1.82, 2.24) is 0 Å². The number of alkyl halides is 3. The van der Waals surface area contributed by atoms with E-state index in [1.807, 2.05) is 6.92 Å². The molecule has 0 aliphatic heterocycles. The van der Waals surface area contributed by atoms with Crippen LogP contribution in [0.15, 0.2) is 48.5 Å². The third-order valence-electron chi connectivity index (χ3n) is 3.17. The largest absolute Gasteiger partial charge is 0.492 e. The van der Waals surface area contributed by atoms with Gasteiger partial charge in [-0.1, -0.05) is 29.8 Å². The molecular formula is C18H15ClF3NO2. The average molecular weight is 370 g/mol. The van der Waals surface area contributed by atoms with Gasteiger partial charge in [0.05, 0.1) is 22.9 Å². The van der Waals surface area contributed by atoms with Crippen molar-refractivity contribution in [1.29, 1.82) is 0 Å². The summed E-state index contributed by atoms with van der Waals surface area (Å²) < 4.78 is 43.9. The standard InChI is InChI=1S/C18H15ClF3NO2/c1-2-25-16-6-4-3-5-15(16)23-17(24)10-8-12-7-9-14(19)13(11-12)18(20,21)22/h3-11H,2H2,1H3,(H,23,24)/b10-8+. The summed E-state index contributed by atoms with van der Waals surface area (Å²) >= 11 is 5.56. The predicted molar refractivity (Wildman–Crippen MR) is 91.7 cm³/mol. The van der Waals surface area contributed by atoms with Crippen molar-refractivity contribution >= 4 is 29.3 Å². The van der Waals surface area contributed by atoms with Crippen molar-refractivity contribution in [2.24, 2.45) is 0 Å². The molecule has 3 nitrogen and oxygen atoms in total. The van der Waals surface area contributed by atoms with Crippen molar-refractivity contribution in [3.63, 3.8) is 0 Å². The summed E-state index contributed by atoms with van der Waals surface area (Å²) in [5, 5.41) is 2.23. The quantitative estimate of drug-likeness (QED) is 0.716. The lowest BCUT2D eigenvalue weighted by molar-refractivity contribution is -0.137. The molecule has 0 aliphatic rings. The number of ether oxygens (including phenoxy) is 1. The number of amides is 1. The van der Waals surface area contributed by atoms with Gasteiger partial charge in [0.1, 0.15) is 5.75 Å². The fourth-order valence-corrected chi connectivity index (χ4v) is 2.29. The summed E-state index contributed by atoms with van der Waals surface area (Å²) in [7, 11) is 0. The molecule has 0 atom stereocenters. The number of hydrogen-bond acceptors (Lipinski definition) is 2. The van der Waals surface area contributed by atoms with Gasteiger partial charge >= 0.3 is 6.18 Å². The first kappa shape index (κ1) is 18.9. The van der Waals surface area contributed by atoms with Crippen molar-refractivity contribution in [2.45, 2.75) is 13.1 Å². The molecule has 2 aromatic carbocycles. The molecule has 0 spiro atoms. The maximum absolute atomic E-state index is 12.8. The molecule has 0 saturated heterocycles. The van der Waals surface area contributed by atoms with Crippen LogP contribution in [0.4, 0.5) is 18.9 Å². The molecule has 0 radical (unpaired) electrons. The van der Waals surface area contributed by atoms with E-state index in [1.165, 1.54) is 12.1 Å². The molecule has 2 rings (SSSR count). The monoisotopic (exact) mass is 369 g/mol. The van der Waals surface area contributed by atoms with Gasteiger partial charge in [-0.05, 0) is 42.8 Å². The summed E-state index contributed by atoms with van der Waals surface area (Å²) in [6.07, 6.45) is -2.13. The molecule has 0 bridgehead atoms. The minimum atomic E-state index is -4.56. The fraction of sp³-hybridized carbons (Fsp3) is 0.167. The summed E-state index contributed by atoms with van der Waals surface area (Å²) in [6.45, 7) is 2.25. The molecule has 0 aromatic heterocycles. The Morgan fingerprint density at radius 2 is 1.96 bits per heavy atom. The van der Waals surface area contributed by atoms with Crippen LogP contribution >= 0.6 is 11.6 Å². The van der Waals surface area contributed by atoms with Crippen LogP contribution in [0.25, 0.3) is 6.08 Å². The van der Waals surface area contributed by atoms with Crippen LogP contribution < -0.4 is 10.1 Å². The normalized spacial score (nSPS) is 11.6. The third-order valence-corrected chi connectivity index (χ3v) is 3.50. The lowest BCUT2D eigenvalue weighted by atomic mass is 10.1. The van der Waals surface area contributed by atoms with E-state index in [9.17, 15) is 18.0 Å². The molecule has 1 amide bonds. The highest BCUT2D eigenvalue weighted by molar-refractivity contribution is 6.31. The first-order valence-electron chi connectivity index (χ1n) is 7.39. The molecule has 0 unspecified atom stereocenters. The summed E-state index contributed by atoms with van der Waals surface area (Å²) in [4.78, 5) is 12.0. The molecule has 0 fully saturated rings. The predicted octanol–water partition coefficient (Wildman–Crippen LogP) is 5.41. The van der Waals surface area contributed by atoms with E-state index in [0.717, 1.165) is 18.2 Å². The molecule has 0 saturated carbocycles. The topological polar surface area (TPSA) is 38.3 Å². The van der Waals surface area contributed by atoms with E-state index < -0.39 is 17.6 Å². The number of nitrogens with one attached hydrogen (secondary N) is 1. The Hall–Kier alpha value is -2.47. The van der Waals surface area contributed by atoms with E-state index in [-0.39, 0.29) is 10.6 Å². The number of anilines is 1. The zero-order valence-corrected chi connectivity index (χ0v) is 14.0. The second-order valence-electron chi connectivity index (χ2n) is 4.99. The van der Waals surface area contributed by atoms with Gasteiger partial charge in [-0.3, -0.25) is 4.79 Å². The number of para-hydroxylation sites is 2. The Bertz CT molecular complexity index is 788. The average Bonchev–Trinajstić information content (AvgIpc) is 2.55. The van der Waals surface area contributed by atoms with Crippen LogP contribution in [0.3, 0.4) is 0 Å².